The number of rotatable bonds is 6. The molecule has 180 valence electrons. The number of aliphatic hydroxyl groups is 1. The van der Waals surface area contributed by atoms with Crippen LogP contribution < -0.4 is 10.2 Å². The van der Waals surface area contributed by atoms with Crippen molar-refractivity contribution in [3.8, 4) is 0 Å². The van der Waals surface area contributed by atoms with Crippen LogP contribution in [0.3, 0.4) is 0 Å². The second-order valence-corrected chi connectivity index (χ2v) is 11.5. The molecule has 5 heterocycles. The topological polar surface area (TPSA) is 74.9 Å². The molecule has 2 aromatic heterocycles. The lowest BCUT2D eigenvalue weighted by molar-refractivity contribution is -0.0484. The van der Waals surface area contributed by atoms with E-state index in [-0.39, 0.29) is 11.5 Å². The highest BCUT2D eigenvalue weighted by atomic mass is 16.5. The molecule has 34 heavy (non-hydrogen) atoms. The first kappa shape index (κ1) is 22.0. The second-order valence-electron chi connectivity index (χ2n) is 11.5. The van der Waals surface area contributed by atoms with E-state index in [1.54, 1.807) is 0 Å². The zero-order valence-corrected chi connectivity index (χ0v) is 20.6. The van der Waals surface area contributed by atoms with Crippen molar-refractivity contribution in [1.29, 1.82) is 0 Å². The third-order valence-corrected chi connectivity index (χ3v) is 8.14. The molecule has 3 saturated heterocycles. The van der Waals surface area contributed by atoms with Gasteiger partial charge in [0.15, 0.2) is 11.5 Å². The minimum Gasteiger partial charge on any atom is -0.389 e. The molecule has 7 nitrogen and oxygen atoms in total. The number of nitrogens with zero attached hydrogens (tertiary/aromatic N) is 4. The fourth-order valence-electron chi connectivity index (χ4n) is 6.14. The summed E-state index contributed by atoms with van der Waals surface area (Å²) in [6.45, 7) is 11.4. The molecule has 3 aromatic rings. The highest BCUT2D eigenvalue weighted by Gasteiger charge is 2.64. The summed E-state index contributed by atoms with van der Waals surface area (Å²) in [4.78, 5) is 7.42. The molecule has 1 aromatic carbocycles. The first-order valence-electron chi connectivity index (χ1n) is 12.4. The van der Waals surface area contributed by atoms with Crippen molar-refractivity contribution in [2.24, 2.45) is 5.92 Å². The summed E-state index contributed by atoms with van der Waals surface area (Å²) in [6, 6.07) is 13.2. The summed E-state index contributed by atoms with van der Waals surface area (Å²) in [5.74, 6) is 1.20. The van der Waals surface area contributed by atoms with E-state index in [1.165, 1.54) is 11.3 Å². The molecule has 0 amide bonds. The molecule has 4 aliphatic rings. The number of pyridine rings is 1. The molecule has 3 unspecified atom stereocenters. The van der Waals surface area contributed by atoms with E-state index in [0.29, 0.717) is 12.5 Å². The van der Waals surface area contributed by atoms with Gasteiger partial charge in [0.1, 0.15) is 5.60 Å². The zero-order valence-electron chi connectivity index (χ0n) is 20.6. The molecular weight excluding hydrogens is 426 g/mol. The van der Waals surface area contributed by atoms with Crippen LogP contribution in [0.2, 0.25) is 0 Å². The lowest BCUT2D eigenvalue weighted by Crippen LogP contribution is -2.60. The molecule has 4 fully saturated rings. The van der Waals surface area contributed by atoms with E-state index in [4.69, 9.17) is 14.8 Å². The highest BCUT2D eigenvalue weighted by molar-refractivity contribution is 5.58. The minimum atomic E-state index is -0.766. The quantitative estimate of drug-likeness (QED) is 0.587. The van der Waals surface area contributed by atoms with Crippen molar-refractivity contribution in [2.75, 3.05) is 31.1 Å². The van der Waals surface area contributed by atoms with Gasteiger partial charge in [-0.05, 0) is 50.8 Å². The van der Waals surface area contributed by atoms with Crippen LogP contribution in [-0.4, -0.2) is 57.6 Å². The van der Waals surface area contributed by atoms with Crippen LogP contribution in [-0.2, 0) is 15.8 Å². The summed E-state index contributed by atoms with van der Waals surface area (Å²) in [7, 11) is 0. The van der Waals surface area contributed by atoms with Gasteiger partial charge in [-0.25, -0.2) is 9.50 Å². The summed E-state index contributed by atoms with van der Waals surface area (Å²) in [6.07, 6.45) is 4.18. The Balaban J connectivity index is 1.28. The predicted octanol–water partition coefficient (Wildman–Crippen LogP) is 3.18. The number of ether oxygens (including phenoxy) is 1. The van der Waals surface area contributed by atoms with Gasteiger partial charge >= 0.3 is 0 Å². The molecule has 0 radical (unpaired) electrons. The van der Waals surface area contributed by atoms with Gasteiger partial charge in [0, 0.05) is 37.0 Å². The first-order valence-corrected chi connectivity index (χ1v) is 12.4. The zero-order chi connectivity index (χ0) is 23.7. The maximum Gasteiger partial charge on any atom is 0.185 e. The van der Waals surface area contributed by atoms with Gasteiger partial charge in [-0.3, -0.25) is 0 Å². The predicted molar refractivity (Wildman–Crippen MR) is 132 cm³/mol. The Morgan fingerprint density at radius 2 is 2.06 bits per heavy atom. The molecule has 7 heteroatoms. The summed E-state index contributed by atoms with van der Waals surface area (Å²) >= 11 is 0. The smallest absolute Gasteiger partial charge is 0.185 e. The van der Waals surface area contributed by atoms with Gasteiger partial charge in [-0.15, -0.1) is 5.10 Å². The molecule has 4 atom stereocenters. The maximum absolute atomic E-state index is 10.2. The lowest BCUT2D eigenvalue weighted by Gasteiger charge is -2.44. The van der Waals surface area contributed by atoms with E-state index < -0.39 is 11.2 Å². The largest absolute Gasteiger partial charge is 0.389 e. The number of hydrogen-bond donors (Lipinski definition) is 2. The number of aromatic nitrogens is 3. The van der Waals surface area contributed by atoms with Crippen molar-refractivity contribution in [3.05, 3.63) is 59.5 Å². The SMILES string of the molecule is Cc1cc(N2CC[C@](C)(c3ccccc3)C2)cn2nc(C34CC(CO3)C4NCC(C)(C)O)nc12. The van der Waals surface area contributed by atoms with Crippen LogP contribution in [0.5, 0.6) is 0 Å². The van der Waals surface area contributed by atoms with Gasteiger partial charge in [0.25, 0.3) is 0 Å². The number of benzene rings is 1. The number of aryl methyl sites for hydroxylation is 1. The number of nitrogens with one attached hydrogen (secondary N) is 1. The Bertz CT molecular complexity index is 1210. The highest BCUT2D eigenvalue weighted by Crippen LogP contribution is 2.54. The second kappa shape index (κ2) is 7.51. The van der Waals surface area contributed by atoms with Crippen molar-refractivity contribution >= 4 is 11.3 Å². The van der Waals surface area contributed by atoms with Crippen molar-refractivity contribution in [3.63, 3.8) is 0 Å². The van der Waals surface area contributed by atoms with E-state index in [0.717, 1.165) is 49.6 Å². The maximum atomic E-state index is 10.2. The van der Waals surface area contributed by atoms with Crippen molar-refractivity contribution in [2.45, 2.75) is 63.2 Å². The van der Waals surface area contributed by atoms with Crippen LogP contribution in [0.1, 0.15) is 50.6 Å². The third kappa shape index (κ3) is 3.44. The fourth-order valence-corrected chi connectivity index (χ4v) is 6.14. The Kier molecular flexibility index (Phi) is 4.86. The van der Waals surface area contributed by atoms with E-state index in [1.807, 2.05) is 18.4 Å². The minimum absolute atomic E-state index is 0.140. The van der Waals surface area contributed by atoms with Crippen LogP contribution in [0.15, 0.2) is 42.6 Å². The molecule has 1 saturated carbocycles. The van der Waals surface area contributed by atoms with Crippen LogP contribution in [0.25, 0.3) is 5.65 Å². The average molecular weight is 462 g/mol. The van der Waals surface area contributed by atoms with Crippen molar-refractivity contribution in [1.82, 2.24) is 19.9 Å². The van der Waals surface area contributed by atoms with Gasteiger partial charge in [-0.2, -0.15) is 0 Å². The first-order chi connectivity index (χ1) is 16.2. The van der Waals surface area contributed by atoms with E-state index in [9.17, 15) is 5.11 Å². The molecule has 1 aliphatic carbocycles. The van der Waals surface area contributed by atoms with Crippen LogP contribution >= 0.6 is 0 Å². The van der Waals surface area contributed by atoms with Gasteiger partial charge in [0.2, 0.25) is 0 Å². The number of fused-ring (bicyclic) bond motifs is 2. The van der Waals surface area contributed by atoms with Gasteiger partial charge in [-0.1, -0.05) is 37.3 Å². The van der Waals surface area contributed by atoms with Crippen molar-refractivity contribution < 1.29 is 9.84 Å². The summed E-state index contributed by atoms with van der Waals surface area (Å²) < 4.78 is 8.20. The Morgan fingerprint density at radius 1 is 1.26 bits per heavy atom. The summed E-state index contributed by atoms with van der Waals surface area (Å²) in [5, 5.41) is 18.7. The monoisotopic (exact) mass is 461 g/mol. The third-order valence-electron chi connectivity index (χ3n) is 8.14. The van der Waals surface area contributed by atoms with E-state index in [2.05, 4.69) is 66.7 Å². The summed E-state index contributed by atoms with van der Waals surface area (Å²) in [5.41, 5.74) is 3.49. The standard InChI is InChI=1S/C27H35N5O2/c1-18-12-21(31-11-10-26(4,17-31)20-8-6-5-7-9-20)14-32-23(18)29-24(30-32)27-13-19(15-34-27)22(27)28-16-25(2,3)33/h5-9,12,14,19,22,28,33H,10-11,13,15-17H2,1-4H3/t19?,22?,26-,27?/m0/s1. The van der Waals surface area contributed by atoms with Crippen LogP contribution in [0.4, 0.5) is 5.69 Å². The Labute approximate surface area is 201 Å². The van der Waals surface area contributed by atoms with Gasteiger partial charge in [0.05, 0.1) is 24.1 Å². The lowest BCUT2D eigenvalue weighted by atomic mass is 9.68. The van der Waals surface area contributed by atoms with E-state index >= 15 is 0 Å². The molecule has 0 spiro atoms. The molecule has 2 N–H and O–H groups in total. The Morgan fingerprint density at radius 3 is 2.79 bits per heavy atom. The number of anilines is 1. The molecular formula is C27H35N5O2. The van der Waals surface area contributed by atoms with Gasteiger partial charge < -0.3 is 20.1 Å². The molecule has 3 aliphatic heterocycles. The fraction of sp³-hybridized carbons (Fsp3) is 0.556. The Hall–Kier alpha value is -2.48. The molecule has 2 bridgehead atoms. The normalized spacial score (nSPS) is 30.8. The average Bonchev–Trinajstić information content (AvgIpc) is 3.55. The number of hydrogen-bond acceptors (Lipinski definition) is 6. The van der Waals surface area contributed by atoms with Crippen LogP contribution in [0, 0.1) is 12.8 Å². The molecule has 7 rings (SSSR count).